The zero-order valence-electron chi connectivity index (χ0n) is 15.5. The van der Waals surface area contributed by atoms with E-state index in [2.05, 4.69) is 21.1 Å². The molecule has 3 rings (SSSR count). The summed E-state index contributed by atoms with van der Waals surface area (Å²) in [5.74, 6) is -0.870. The lowest BCUT2D eigenvalue weighted by Gasteiger charge is -2.11. The number of carbonyl (C=O) groups is 2. The van der Waals surface area contributed by atoms with Crippen LogP contribution in [-0.4, -0.2) is 38.1 Å². The highest BCUT2D eigenvalue weighted by atomic mass is 16.2. The van der Waals surface area contributed by atoms with Gasteiger partial charge in [-0.05, 0) is 47.5 Å². The molecule has 0 aliphatic carbocycles. The van der Waals surface area contributed by atoms with Gasteiger partial charge in [0.05, 0.1) is 12.2 Å². The molecule has 1 heterocycles. The number of anilines is 1. The number of para-hydroxylation sites is 2. The van der Waals surface area contributed by atoms with Gasteiger partial charge in [0.1, 0.15) is 6.54 Å². The first kappa shape index (κ1) is 19.0. The molecule has 144 valence electrons. The summed E-state index contributed by atoms with van der Waals surface area (Å²) < 4.78 is 2.03. The van der Waals surface area contributed by atoms with Crippen LogP contribution in [0.15, 0.2) is 53.3 Å². The van der Waals surface area contributed by atoms with E-state index < -0.39 is 11.6 Å². The molecule has 28 heavy (non-hydrogen) atoms. The molecule has 0 saturated carbocycles. The van der Waals surface area contributed by atoms with Crippen molar-refractivity contribution in [3.8, 4) is 5.69 Å². The van der Waals surface area contributed by atoms with Crippen molar-refractivity contribution < 1.29 is 9.59 Å². The fraction of sp³-hybridized carbons (Fsp3) is 0.211. The molecule has 0 radical (unpaired) electrons. The van der Waals surface area contributed by atoms with E-state index in [1.807, 2.05) is 38.1 Å². The molecule has 0 saturated heterocycles. The van der Waals surface area contributed by atoms with Gasteiger partial charge in [-0.25, -0.2) is 4.79 Å². The predicted molar refractivity (Wildman–Crippen MR) is 103 cm³/mol. The van der Waals surface area contributed by atoms with Crippen molar-refractivity contribution in [2.24, 2.45) is 0 Å². The first-order valence-electron chi connectivity index (χ1n) is 8.66. The number of tetrazole rings is 1. The van der Waals surface area contributed by atoms with Gasteiger partial charge < -0.3 is 10.6 Å². The molecule has 0 spiro atoms. The van der Waals surface area contributed by atoms with Crippen molar-refractivity contribution in [3.63, 3.8) is 0 Å². The van der Waals surface area contributed by atoms with Crippen LogP contribution in [0.4, 0.5) is 5.69 Å². The Morgan fingerprint density at radius 2 is 1.61 bits per heavy atom. The second-order valence-electron chi connectivity index (χ2n) is 6.26. The topological polar surface area (TPSA) is 111 Å². The number of rotatable bonds is 6. The SMILES string of the molecule is Cc1cccc(C)c1NC(=O)CNC(=O)Cn1nnn(-c2ccccc2)c1=O. The molecule has 0 atom stereocenters. The largest absolute Gasteiger partial charge is 0.368 e. The fourth-order valence-electron chi connectivity index (χ4n) is 2.67. The van der Waals surface area contributed by atoms with Gasteiger partial charge in [-0.3, -0.25) is 9.59 Å². The quantitative estimate of drug-likeness (QED) is 0.657. The zero-order valence-corrected chi connectivity index (χ0v) is 15.5. The Hall–Kier alpha value is -3.75. The summed E-state index contributed by atoms with van der Waals surface area (Å²) in [6.07, 6.45) is 0. The number of benzene rings is 2. The lowest BCUT2D eigenvalue weighted by Crippen LogP contribution is -2.37. The molecule has 3 aromatic rings. The Bertz CT molecular complexity index is 1030. The van der Waals surface area contributed by atoms with Crippen LogP contribution < -0.4 is 16.3 Å². The molecule has 0 unspecified atom stereocenters. The number of nitrogens with zero attached hydrogens (tertiary/aromatic N) is 4. The minimum absolute atomic E-state index is 0.214. The normalized spacial score (nSPS) is 10.5. The number of hydrogen-bond acceptors (Lipinski definition) is 5. The van der Waals surface area contributed by atoms with E-state index in [1.165, 1.54) is 0 Å². The molecular formula is C19H20N6O3. The standard InChI is InChI=1S/C19H20N6O3/c1-13-7-6-8-14(2)18(13)21-16(26)11-20-17(27)12-24-19(28)25(23-22-24)15-9-4-3-5-10-15/h3-10H,11-12H2,1-2H3,(H,20,27)(H,21,26). The van der Waals surface area contributed by atoms with E-state index in [0.29, 0.717) is 5.69 Å². The van der Waals surface area contributed by atoms with Gasteiger partial charge >= 0.3 is 5.69 Å². The highest BCUT2D eigenvalue weighted by Gasteiger charge is 2.13. The van der Waals surface area contributed by atoms with Gasteiger partial charge in [0.2, 0.25) is 11.8 Å². The van der Waals surface area contributed by atoms with Gasteiger partial charge in [0, 0.05) is 5.69 Å². The maximum Gasteiger partial charge on any atom is 0.368 e. The van der Waals surface area contributed by atoms with Crippen molar-refractivity contribution in [2.75, 3.05) is 11.9 Å². The third-order valence-electron chi connectivity index (χ3n) is 4.13. The molecule has 2 amide bonds. The smallest absolute Gasteiger partial charge is 0.345 e. The maximum atomic E-state index is 12.3. The van der Waals surface area contributed by atoms with Crippen molar-refractivity contribution in [1.29, 1.82) is 0 Å². The molecule has 9 heteroatoms. The molecule has 0 aliphatic heterocycles. The Balaban J connectivity index is 1.57. The highest BCUT2D eigenvalue weighted by molar-refractivity contribution is 5.95. The van der Waals surface area contributed by atoms with E-state index >= 15 is 0 Å². The summed E-state index contributed by atoms with van der Waals surface area (Å²) in [5.41, 5.74) is 2.60. The van der Waals surface area contributed by atoms with Gasteiger partial charge in [-0.1, -0.05) is 36.4 Å². The van der Waals surface area contributed by atoms with E-state index in [4.69, 9.17) is 0 Å². The average molecular weight is 380 g/mol. The van der Waals surface area contributed by atoms with Crippen LogP contribution in [0.1, 0.15) is 11.1 Å². The van der Waals surface area contributed by atoms with Crippen LogP contribution in [0, 0.1) is 13.8 Å². The zero-order chi connectivity index (χ0) is 20.1. The van der Waals surface area contributed by atoms with Crippen LogP contribution in [-0.2, 0) is 16.1 Å². The van der Waals surface area contributed by atoms with Crippen LogP contribution in [0.3, 0.4) is 0 Å². The minimum Gasteiger partial charge on any atom is -0.345 e. The van der Waals surface area contributed by atoms with Crippen LogP contribution >= 0.6 is 0 Å². The number of aryl methyl sites for hydroxylation is 2. The average Bonchev–Trinajstić information content (AvgIpc) is 3.04. The van der Waals surface area contributed by atoms with Gasteiger partial charge in [-0.15, -0.1) is 0 Å². The Kier molecular flexibility index (Phi) is 5.64. The molecule has 2 N–H and O–H groups in total. The summed E-state index contributed by atoms with van der Waals surface area (Å²) in [4.78, 5) is 36.5. The first-order valence-corrected chi connectivity index (χ1v) is 8.66. The lowest BCUT2D eigenvalue weighted by atomic mass is 10.1. The number of aromatic nitrogens is 4. The molecule has 1 aromatic heterocycles. The molecule has 0 aliphatic rings. The van der Waals surface area contributed by atoms with Crippen LogP contribution in [0.25, 0.3) is 5.69 Å². The number of nitrogens with one attached hydrogen (secondary N) is 2. The lowest BCUT2D eigenvalue weighted by molar-refractivity contribution is -0.124. The Morgan fingerprint density at radius 1 is 0.929 bits per heavy atom. The summed E-state index contributed by atoms with van der Waals surface area (Å²) >= 11 is 0. The number of hydrogen-bond donors (Lipinski definition) is 2. The third kappa shape index (κ3) is 4.32. The van der Waals surface area contributed by atoms with Crippen LogP contribution in [0.5, 0.6) is 0 Å². The monoisotopic (exact) mass is 380 g/mol. The molecule has 0 fully saturated rings. The maximum absolute atomic E-state index is 12.3. The van der Waals surface area contributed by atoms with Crippen molar-refractivity contribution >= 4 is 17.5 Å². The first-order chi connectivity index (χ1) is 13.5. The van der Waals surface area contributed by atoms with Crippen LogP contribution in [0.2, 0.25) is 0 Å². The fourth-order valence-corrected chi connectivity index (χ4v) is 2.67. The summed E-state index contributed by atoms with van der Waals surface area (Å²) in [5, 5.41) is 12.7. The van der Waals surface area contributed by atoms with Gasteiger partial charge in [0.25, 0.3) is 0 Å². The summed E-state index contributed by atoms with van der Waals surface area (Å²) in [6.45, 7) is 3.24. The van der Waals surface area contributed by atoms with E-state index in [-0.39, 0.29) is 19.0 Å². The predicted octanol–water partition coefficient (Wildman–Crippen LogP) is 0.801. The number of amides is 2. The van der Waals surface area contributed by atoms with E-state index in [9.17, 15) is 14.4 Å². The second-order valence-corrected chi connectivity index (χ2v) is 6.26. The Labute approximate surface area is 161 Å². The van der Waals surface area contributed by atoms with Crippen molar-refractivity contribution in [1.82, 2.24) is 25.1 Å². The van der Waals surface area contributed by atoms with E-state index in [1.54, 1.807) is 24.3 Å². The molecule has 9 nitrogen and oxygen atoms in total. The Morgan fingerprint density at radius 3 is 2.29 bits per heavy atom. The van der Waals surface area contributed by atoms with E-state index in [0.717, 1.165) is 26.2 Å². The highest BCUT2D eigenvalue weighted by Crippen LogP contribution is 2.18. The molecular weight excluding hydrogens is 360 g/mol. The molecule has 0 bridgehead atoms. The second kappa shape index (κ2) is 8.30. The summed E-state index contributed by atoms with van der Waals surface area (Å²) in [7, 11) is 0. The van der Waals surface area contributed by atoms with Crippen molar-refractivity contribution in [3.05, 3.63) is 70.1 Å². The number of carbonyl (C=O) groups excluding carboxylic acids is 2. The minimum atomic E-state index is -0.540. The van der Waals surface area contributed by atoms with Crippen molar-refractivity contribution in [2.45, 2.75) is 20.4 Å². The van der Waals surface area contributed by atoms with Gasteiger partial charge in [0.15, 0.2) is 0 Å². The third-order valence-corrected chi connectivity index (χ3v) is 4.13. The van der Waals surface area contributed by atoms with Gasteiger partial charge in [-0.2, -0.15) is 9.36 Å². The summed E-state index contributed by atoms with van der Waals surface area (Å²) in [6, 6.07) is 14.5. The molecule has 2 aromatic carbocycles.